The van der Waals surface area contributed by atoms with Crippen LogP contribution in [0.5, 0.6) is 0 Å². The van der Waals surface area contributed by atoms with E-state index in [2.05, 4.69) is 68.4 Å². The molecule has 24 heavy (non-hydrogen) atoms. The van der Waals surface area contributed by atoms with Gasteiger partial charge in [-0.2, -0.15) is 0 Å². The van der Waals surface area contributed by atoms with E-state index in [0.717, 1.165) is 12.2 Å². The first kappa shape index (κ1) is 18.1. The molecule has 1 aromatic heterocycles. The standard InChI is InChI=1S/C21H28N2O/c1-5-11-23(21(24)13-17(2)3)16-20-10-7-12-22(20)15-19-9-6-8-18(4)14-19/h5-10,12,14,17H,1,11,13,15-16H2,2-4H3. The third kappa shape index (κ3) is 5.12. The fourth-order valence-electron chi connectivity index (χ4n) is 2.84. The summed E-state index contributed by atoms with van der Waals surface area (Å²) in [6.07, 6.45) is 4.45. The van der Waals surface area contributed by atoms with E-state index in [1.165, 1.54) is 11.1 Å². The van der Waals surface area contributed by atoms with Crippen molar-refractivity contribution >= 4 is 5.91 Å². The number of hydrogen-bond acceptors (Lipinski definition) is 1. The molecule has 1 aromatic carbocycles. The fraction of sp³-hybridized carbons (Fsp3) is 0.381. The van der Waals surface area contributed by atoms with Crippen LogP contribution in [0.25, 0.3) is 0 Å². The van der Waals surface area contributed by atoms with Crippen molar-refractivity contribution in [2.24, 2.45) is 5.92 Å². The van der Waals surface area contributed by atoms with Gasteiger partial charge in [-0.3, -0.25) is 4.79 Å². The minimum atomic E-state index is 0.188. The molecular formula is C21H28N2O. The predicted molar refractivity (Wildman–Crippen MR) is 99.8 cm³/mol. The maximum atomic E-state index is 12.5. The van der Waals surface area contributed by atoms with Crippen LogP contribution in [0.15, 0.2) is 55.3 Å². The molecule has 0 aliphatic heterocycles. The summed E-state index contributed by atoms with van der Waals surface area (Å²) in [6, 6.07) is 12.7. The molecule has 2 rings (SSSR count). The second-order valence-electron chi connectivity index (χ2n) is 6.78. The number of carbonyl (C=O) groups is 1. The molecule has 3 heteroatoms. The molecule has 0 radical (unpaired) electrons. The van der Waals surface area contributed by atoms with E-state index >= 15 is 0 Å². The number of carbonyl (C=O) groups excluding carboxylic acids is 1. The Bertz CT molecular complexity index is 685. The van der Waals surface area contributed by atoms with Crippen molar-refractivity contribution in [3.63, 3.8) is 0 Å². The molecule has 0 aliphatic rings. The topological polar surface area (TPSA) is 25.2 Å². The van der Waals surface area contributed by atoms with E-state index in [0.29, 0.717) is 25.4 Å². The maximum Gasteiger partial charge on any atom is 0.223 e. The SMILES string of the molecule is C=CCN(Cc1cccn1Cc1cccc(C)c1)C(=O)CC(C)C. The third-order valence-corrected chi connectivity index (χ3v) is 4.00. The first-order valence-corrected chi connectivity index (χ1v) is 8.58. The lowest BCUT2D eigenvalue weighted by Crippen LogP contribution is -2.32. The van der Waals surface area contributed by atoms with E-state index in [-0.39, 0.29) is 5.91 Å². The lowest BCUT2D eigenvalue weighted by atomic mass is 10.1. The van der Waals surface area contributed by atoms with Gasteiger partial charge in [-0.05, 0) is 30.5 Å². The van der Waals surface area contributed by atoms with Crippen LogP contribution in [-0.4, -0.2) is 21.9 Å². The first-order chi connectivity index (χ1) is 11.5. The number of aryl methyl sites for hydroxylation is 1. The Morgan fingerprint density at radius 3 is 2.75 bits per heavy atom. The summed E-state index contributed by atoms with van der Waals surface area (Å²) >= 11 is 0. The molecule has 0 fully saturated rings. The third-order valence-electron chi connectivity index (χ3n) is 4.00. The van der Waals surface area contributed by atoms with Crippen LogP contribution < -0.4 is 0 Å². The van der Waals surface area contributed by atoms with Gasteiger partial charge in [-0.1, -0.05) is 49.8 Å². The maximum absolute atomic E-state index is 12.5. The summed E-state index contributed by atoms with van der Waals surface area (Å²) in [6.45, 7) is 12.1. The largest absolute Gasteiger partial charge is 0.345 e. The van der Waals surface area contributed by atoms with Gasteiger partial charge in [0.15, 0.2) is 0 Å². The van der Waals surface area contributed by atoms with Crippen LogP contribution >= 0.6 is 0 Å². The summed E-state index contributed by atoms with van der Waals surface area (Å²) < 4.78 is 2.22. The minimum absolute atomic E-state index is 0.188. The van der Waals surface area contributed by atoms with Crippen LogP contribution in [-0.2, 0) is 17.9 Å². The molecule has 0 saturated carbocycles. The zero-order valence-corrected chi connectivity index (χ0v) is 15.0. The molecule has 1 amide bonds. The second-order valence-corrected chi connectivity index (χ2v) is 6.78. The Labute approximate surface area is 145 Å². The number of aromatic nitrogens is 1. The quantitative estimate of drug-likeness (QED) is 0.661. The molecule has 0 saturated heterocycles. The highest BCUT2D eigenvalue weighted by molar-refractivity contribution is 5.76. The Kier molecular flexibility index (Phi) is 6.42. The average Bonchev–Trinajstić information content (AvgIpc) is 2.93. The molecule has 0 aliphatic carbocycles. The van der Waals surface area contributed by atoms with Crippen LogP contribution in [0.4, 0.5) is 0 Å². The zero-order chi connectivity index (χ0) is 17.5. The van der Waals surface area contributed by atoms with Crippen LogP contribution in [0, 0.1) is 12.8 Å². The second kappa shape index (κ2) is 8.53. The highest BCUT2D eigenvalue weighted by Gasteiger charge is 2.15. The van der Waals surface area contributed by atoms with Gasteiger partial charge in [-0.15, -0.1) is 6.58 Å². The number of rotatable bonds is 8. The molecule has 0 atom stereocenters. The molecule has 0 N–H and O–H groups in total. The van der Waals surface area contributed by atoms with Gasteiger partial charge >= 0.3 is 0 Å². The van der Waals surface area contributed by atoms with E-state index < -0.39 is 0 Å². The normalized spacial score (nSPS) is 10.8. The molecule has 3 nitrogen and oxygen atoms in total. The summed E-state index contributed by atoms with van der Waals surface area (Å²) in [5, 5.41) is 0. The van der Waals surface area contributed by atoms with Crippen LogP contribution in [0.2, 0.25) is 0 Å². The van der Waals surface area contributed by atoms with E-state index in [4.69, 9.17) is 0 Å². The highest BCUT2D eigenvalue weighted by atomic mass is 16.2. The van der Waals surface area contributed by atoms with Crippen molar-refractivity contribution in [3.8, 4) is 0 Å². The van der Waals surface area contributed by atoms with Crippen LogP contribution in [0.1, 0.15) is 37.1 Å². The van der Waals surface area contributed by atoms with Gasteiger partial charge < -0.3 is 9.47 Å². The number of hydrogen-bond donors (Lipinski definition) is 0. The molecule has 2 aromatic rings. The van der Waals surface area contributed by atoms with E-state index in [9.17, 15) is 4.79 Å². The Morgan fingerprint density at radius 1 is 1.29 bits per heavy atom. The number of nitrogens with zero attached hydrogens (tertiary/aromatic N) is 2. The summed E-state index contributed by atoms with van der Waals surface area (Å²) in [4.78, 5) is 14.3. The van der Waals surface area contributed by atoms with Gasteiger partial charge in [0, 0.05) is 31.4 Å². The molecular weight excluding hydrogens is 296 g/mol. The fourth-order valence-corrected chi connectivity index (χ4v) is 2.84. The van der Waals surface area contributed by atoms with Crippen molar-refractivity contribution in [3.05, 3.63) is 72.1 Å². The average molecular weight is 324 g/mol. The van der Waals surface area contributed by atoms with Gasteiger partial charge in [0.05, 0.1) is 6.54 Å². The van der Waals surface area contributed by atoms with Crippen molar-refractivity contribution in [2.45, 2.75) is 40.3 Å². The van der Waals surface area contributed by atoms with Crippen molar-refractivity contribution in [1.82, 2.24) is 9.47 Å². The van der Waals surface area contributed by atoms with Crippen LogP contribution in [0.3, 0.4) is 0 Å². The van der Waals surface area contributed by atoms with E-state index in [1.54, 1.807) is 6.08 Å². The summed E-state index contributed by atoms with van der Waals surface area (Å²) in [7, 11) is 0. The highest BCUT2D eigenvalue weighted by Crippen LogP contribution is 2.14. The van der Waals surface area contributed by atoms with Crippen molar-refractivity contribution in [1.29, 1.82) is 0 Å². The van der Waals surface area contributed by atoms with Crippen molar-refractivity contribution < 1.29 is 4.79 Å². The monoisotopic (exact) mass is 324 g/mol. The van der Waals surface area contributed by atoms with Gasteiger partial charge in [0.2, 0.25) is 5.91 Å². The molecule has 0 unspecified atom stereocenters. The minimum Gasteiger partial charge on any atom is -0.345 e. The van der Waals surface area contributed by atoms with Gasteiger partial charge in [0.1, 0.15) is 0 Å². The molecule has 0 spiro atoms. The number of benzene rings is 1. The first-order valence-electron chi connectivity index (χ1n) is 8.58. The Balaban J connectivity index is 2.12. The molecule has 1 heterocycles. The summed E-state index contributed by atoms with van der Waals surface area (Å²) in [5.41, 5.74) is 3.69. The number of amides is 1. The lowest BCUT2D eigenvalue weighted by Gasteiger charge is -2.23. The molecule has 128 valence electrons. The predicted octanol–water partition coefficient (Wildman–Crippen LogP) is 4.41. The Hall–Kier alpha value is -2.29. The smallest absolute Gasteiger partial charge is 0.223 e. The zero-order valence-electron chi connectivity index (χ0n) is 15.0. The van der Waals surface area contributed by atoms with Crippen molar-refractivity contribution in [2.75, 3.05) is 6.54 Å². The van der Waals surface area contributed by atoms with Gasteiger partial charge in [-0.25, -0.2) is 0 Å². The lowest BCUT2D eigenvalue weighted by molar-refractivity contribution is -0.132. The summed E-state index contributed by atoms with van der Waals surface area (Å²) in [5.74, 6) is 0.553. The molecule has 0 bridgehead atoms. The van der Waals surface area contributed by atoms with E-state index in [1.807, 2.05) is 11.0 Å². The Morgan fingerprint density at radius 2 is 2.08 bits per heavy atom. The van der Waals surface area contributed by atoms with Gasteiger partial charge in [0.25, 0.3) is 0 Å².